The summed E-state index contributed by atoms with van der Waals surface area (Å²) in [6.07, 6.45) is 3.44. The number of rotatable bonds is 6. The monoisotopic (exact) mass is 406 g/mol. The second kappa shape index (κ2) is 9.04. The van der Waals surface area contributed by atoms with Crippen molar-refractivity contribution in [3.05, 3.63) is 44.9 Å². The molecule has 3 heterocycles. The van der Waals surface area contributed by atoms with Crippen LogP contribution in [0.25, 0.3) is 6.08 Å². The quantitative estimate of drug-likeness (QED) is 0.682. The number of carbonyl (C=O) groups excluding carboxylic acids is 1. The van der Waals surface area contributed by atoms with Crippen molar-refractivity contribution >= 4 is 34.9 Å². The second-order valence-corrected chi connectivity index (χ2v) is 8.77. The molecule has 0 N–H and O–H groups in total. The van der Waals surface area contributed by atoms with Crippen LogP contribution in [0.15, 0.2) is 23.6 Å². The van der Waals surface area contributed by atoms with Gasteiger partial charge < -0.3 is 4.90 Å². The Morgan fingerprint density at radius 3 is 2.70 bits per heavy atom. The summed E-state index contributed by atoms with van der Waals surface area (Å²) in [7, 11) is 0. The number of hydrogen-bond donors (Lipinski definition) is 0. The van der Waals surface area contributed by atoms with Crippen molar-refractivity contribution < 1.29 is 4.79 Å². The van der Waals surface area contributed by atoms with Crippen LogP contribution in [0, 0.1) is 12.8 Å². The van der Waals surface area contributed by atoms with Crippen molar-refractivity contribution in [2.75, 3.05) is 26.2 Å². The number of hydrogen-bond acceptors (Lipinski definition) is 4. The molecular weight excluding hydrogens is 380 g/mol. The standard InChI is InChI=1S/C20H27ClN4OS/c1-15(2)13-25-20(21)18(16(3)22-25)6-7-19(26)24-10-8-23(9-11-24)14-17-5-4-12-27-17/h4-7,12,15H,8-11,13-14H2,1-3H3/b7-6+. The van der Waals surface area contributed by atoms with E-state index in [1.165, 1.54) is 4.88 Å². The van der Waals surface area contributed by atoms with Crippen LogP contribution >= 0.6 is 22.9 Å². The van der Waals surface area contributed by atoms with Gasteiger partial charge in [0, 0.05) is 55.8 Å². The zero-order valence-electron chi connectivity index (χ0n) is 16.2. The number of carbonyl (C=O) groups is 1. The SMILES string of the molecule is Cc1nn(CC(C)C)c(Cl)c1/C=C/C(=O)N1CCN(Cc2cccs2)CC1. The summed E-state index contributed by atoms with van der Waals surface area (Å²) in [5, 5.41) is 7.20. The summed E-state index contributed by atoms with van der Waals surface area (Å²) < 4.78 is 1.81. The first-order valence-corrected chi connectivity index (χ1v) is 10.6. The second-order valence-electron chi connectivity index (χ2n) is 7.38. The molecule has 0 aromatic carbocycles. The summed E-state index contributed by atoms with van der Waals surface area (Å²) in [6.45, 7) is 11.3. The Morgan fingerprint density at radius 2 is 2.07 bits per heavy atom. The summed E-state index contributed by atoms with van der Waals surface area (Å²) in [5.41, 5.74) is 1.69. The highest BCUT2D eigenvalue weighted by atomic mass is 35.5. The zero-order chi connectivity index (χ0) is 19.4. The van der Waals surface area contributed by atoms with Crippen molar-refractivity contribution in [2.24, 2.45) is 5.92 Å². The maximum Gasteiger partial charge on any atom is 0.246 e. The molecule has 1 amide bonds. The lowest BCUT2D eigenvalue weighted by Crippen LogP contribution is -2.47. The van der Waals surface area contributed by atoms with Crippen molar-refractivity contribution in [3.63, 3.8) is 0 Å². The molecule has 0 spiro atoms. The molecule has 3 rings (SSSR count). The number of thiophene rings is 1. The maximum atomic E-state index is 12.6. The molecule has 146 valence electrons. The number of aromatic nitrogens is 2. The van der Waals surface area contributed by atoms with Gasteiger partial charge in [-0.15, -0.1) is 11.3 Å². The minimum Gasteiger partial charge on any atom is -0.337 e. The van der Waals surface area contributed by atoms with E-state index in [1.807, 2.05) is 22.6 Å². The molecule has 0 aliphatic carbocycles. The lowest BCUT2D eigenvalue weighted by atomic mass is 10.2. The van der Waals surface area contributed by atoms with Crippen LogP contribution in [0.2, 0.25) is 5.15 Å². The Morgan fingerprint density at radius 1 is 1.33 bits per heavy atom. The lowest BCUT2D eigenvalue weighted by molar-refractivity contribution is -0.127. The van der Waals surface area contributed by atoms with Gasteiger partial charge in [-0.1, -0.05) is 31.5 Å². The molecule has 27 heavy (non-hydrogen) atoms. The van der Waals surface area contributed by atoms with E-state index in [2.05, 4.69) is 41.4 Å². The van der Waals surface area contributed by atoms with Crippen LogP contribution in [0.4, 0.5) is 0 Å². The molecule has 7 heteroatoms. The Bertz CT molecular complexity index is 789. The highest BCUT2D eigenvalue weighted by Crippen LogP contribution is 2.22. The van der Waals surface area contributed by atoms with Crippen molar-refractivity contribution in [2.45, 2.75) is 33.9 Å². The molecule has 2 aromatic rings. The molecule has 0 saturated carbocycles. The predicted molar refractivity (Wildman–Crippen MR) is 112 cm³/mol. The smallest absolute Gasteiger partial charge is 0.246 e. The summed E-state index contributed by atoms with van der Waals surface area (Å²) >= 11 is 8.23. The summed E-state index contributed by atoms with van der Waals surface area (Å²) in [6, 6.07) is 4.25. The van der Waals surface area contributed by atoms with Gasteiger partial charge in [0.15, 0.2) is 0 Å². The zero-order valence-corrected chi connectivity index (χ0v) is 17.8. The third-order valence-corrected chi connectivity index (χ3v) is 5.94. The van der Waals surface area contributed by atoms with E-state index in [4.69, 9.17) is 11.6 Å². The molecular formula is C20H27ClN4OS. The van der Waals surface area contributed by atoms with Gasteiger partial charge in [0.25, 0.3) is 0 Å². The fourth-order valence-corrected chi connectivity index (χ4v) is 4.29. The topological polar surface area (TPSA) is 41.4 Å². The molecule has 0 unspecified atom stereocenters. The first-order chi connectivity index (χ1) is 12.9. The average molecular weight is 407 g/mol. The predicted octanol–water partition coefficient (Wildman–Crippen LogP) is 3.92. The molecule has 0 radical (unpaired) electrons. The minimum absolute atomic E-state index is 0.0397. The number of amides is 1. The van der Waals surface area contributed by atoms with E-state index in [0.717, 1.165) is 50.5 Å². The van der Waals surface area contributed by atoms with Gasteiger partial charge in [0.2, 0.25) is 5.91 Å². The minimum atomic E-state index is 0.0397. The van der Waals surface area contributed by atoms with E-state index in [0.29, 0.717) is 11.1 Å². The normalized spacial score (nSPS) is 16.0. The van der Waals surface area contributed by atoms with Gasteiger partial charge in [0.1, 0.15) is 5.15 Å². The van der Waals surface area contributed by atoms with Crippen LogP contribution in [-0.2, 0) is 17.9 Å². The lowest BCUT2D eigenvalue weighted by Gasteiger charge is -2.33. The number of aryl methyl sites for hydroxylation is 1. The van der Waals surface area contributed by atoms with Crippen LogP contribution in [0.1, 0.15) is 30.0 Å². The molecule has 0 bridgehead atoms. The van der Waals surface area contributed by atoms with Crippen molar-refractivity contribution in [1.29, 1.82) is 0 Å². The van der Waals surface area contributed by atoms with E-state index in [9.17, 15) is 4.79 Å². The van der Waals surface area contributed by atoms with Crippen molar-refractivity contribution in [1.82, 2.24) is 19.6 Å². The van der Waals surface area contributed by atoms with Gasteiger partial charge in [-0.2, -0.15) is 5.10 Å². The largest absolute Gasteiger partial charge is 0.337 e. The molecule has 1 aliphatic heterocycles. The Labute approximate surface area is 170 Å². The van der Waals surface area contributed by atoms with Crippen LogP contribution in [-0.4, -0.2) is 51.7 Å². The molecule has 1 aliphatic rings. The van der Waals surface area contributed by atoms with Gasteiger partial charge in [-0.3, -0.25) is 14.4 Å². The van der Waals surface area contributed by atoms with E-state index >= 15 is 0 Å². The van der Waals surface area contributed by atoms with E-state index in [1.54, 1.807) is 17.4 Å². The van der Waals surface area contributed by atoms with Gasteiger partial charge in [-0.05, 0) is 30.4 Å². The molecule has 0 atom stereocenters. The average Bonchev–Trinajstić information content (AvgIpc) is 3.22. The van der Waals surface area contributed by atoms with E-state index in [-0.39, 0.29) is 5.91 Å². The summed E-state index contributed by atoms with van der Waals surface area (Å²) in [5.74, 6) is 0.503. The first kappa shape index (κ1) is 20.1. The summed E-state index contributed by atoms with van der Waals surface area (Å²) in [4.78, 5) is 18.2. The Kier molecular flexibility index (Phi) is 6.73. The third-order valence-electron chi connectivity index (χ3n) is 4.68. The Hall–Kier alpha value is -1.63. The number of nitrogens with zero attached hydrogens (tertiary/aromatic N) is 4. The van der Waals surface area contributed by atoms with Gasteiger partial charge in [-0.25, -0.2) is 0 Å². The number of halogens is 1. The van der Waals surface area contributed by atoms with E-state index < -0.39 is 0 Å². The first-order valence-electron chi connectivity index (χ1n) is 9.38. The third kappa shape index (κ3) is 5.21. The number of piperazine rings is 1. The fraction of sp³-hybridized carbons (Fsp3) is 0.500. The molecule has 1 saturated heterocycles. The fourth-order valence-electron chi connectivity index (χ4n) is 3.23. The highest BCUT2D eigenvalue weighted by molar-refractivity contribution is 7.09. The van der Waals surface area contributed by atoms with Gasteiger partial charge in [0.05, 0.1) is 5.69 Å². The molecule has 1 fully saturated rings. The van der Waals surface area contributed by atoms with Gasteiger partial charge >= 0.3 is 0 Å². The highest BCUT2D eigenvalue weighted by Gasteiger charge is 2.20. The molecule has 5 nitrogen and oxygen atoms in total. The van der Waals surface area contributed by atoms with Crippen LogP contribution in [0.3, 0.4) is 0 Å². The molecule has 2 aromatic heterocycles. The maximum absolute atomic E-state index is 12.6. The Balaban J connectivity index is 1.56. The van der Waals surface area contributed by atoms with Crippen LogP contribution in [0.5, 0.6) is 0 Å². The van der Waals surface area contributed by atoms with Crippen LogP contribution < -0.4 is 0 Å². The van der Waals surface area contributed by atoms with Crippen molar-refractivity contribution in [3.8, 4) is 0 Å².